The smallest absolute Gasteiger partial charge is 0.144 e. The average molecular weight is 628 g/mol. The Morgan fingerprint density at radius 1 is 0.367 bits per heavy atom. The topological polar surface area (TPSA) is 29.5 Å². The summed E-state index contributed by atoms with van der Waals surface area (Å²) in [6, 6.07) is 61.9. The van der Waals surface area contributed by atoms with Crippen molar-refractivity contribution in [1.82, 2.24) is 0 Å². The van der Waals surface area contributed by atoms with Crippen molar-refractivity contribution in [3.63, 3.8) is 0 Å². The van der Waals surface area contributed by atoms with Crippen LogP contribution in [0.15, 0.2) is 185 Å². The van der Waals surface area contributed by atoms with Gasteiger partial charge in [-0.25, -0.2) is 0 Å². The van der Waals surface area contributed by atoms with Crippen molar-refractivity contribution in [2.24, 2.45) is 0 Å². The Labute approximate surface area is 282 Å². The minimum atomic E-state index is 0.838. The quantitative estimate of drug-likeness (QED) is 0.190. The highest BCUT2D eigenvalue weighted by atomic mass is 16.3. The number of rotatable bonds is 5. The molecule has 10 rings (SSSR count). The third kappa shape index (κ3) is 4.44. The number of hydrogen-bond acceptors (Lipinski definition) is 3. The molecule has 0 fully saturated rings. The molecule has 0 aliphatic carbocycles. The van der Waals surface area contributed by atoms with Crippen molar-refractivity contribution < 1.29 is 8.83 Å². The highest BCUT2D eigenvalue weighted by molar-refractivity contribution is 6.23. The Kier molecular flexibility index (Phi) is 6.18. The van der Waals surface area contributed by atoms with E-state index in [1.54, 1.807) is 0 Å². The van der Waals surface area contributed by atoms with Crippen LogP contribution in [0.25, 0.3) is 76.9 Å². The van der Waals surface area contributed by atoms with Crippen LogP contribution in [0, 0.1) is 0 Å². The lowest BCUT2D eigenvalue weighted by Gasteiger charge is -2.27. The van der Waals surface area contributed by atoms with Gasteiger partial charge in [-0.3, -0.25) is 0 Å². The molecular formula is C46H29NO2. The van der Waals surface area contributed by atoms with E-state index in [-0.39, 0.29) is 0 Å². The third-order valence-electron chi connectivity index (χ3n) is 9.65. The molecule has 0 radical (unpaired) electrons. The van der Waals surface area contributed by atoms with Gasteiger partial charge in [0.2, 0.25) is 0 Å². The van der Waals surface area contributed by atoms with Crippen LogP contribution in [0.1, 0.15) is 0 Å². The predicted octanol–water partition coefficient (Wildman–Crippen LogP) is 13.4. The molecule has 0 unspecified atom stereocenters. The van der Waals surface area contributed by atoms with E-state index in [1.807, 2.05) is 18.2 Å². The van der Waals surface area contributed by atoms with Gasteiger partial charge >= 0.3 is 0 Å². The van der Waals surface area contributed by atoms with E-state index in [2.05, 4.69) is 163 Å². The Morgan fingerprint density at radius 3 is 1.82 bits per heavy atom. The lowest BCUT2D eigenvalue weighted by Crippen LogP contribution is -2.10. The van der Waals surface area contributed by atoms with E-state index < -0.39 is 0 Å². The number of benzene rings is 8. The van der Waals surface area contributed by atoms with Crippen LogP contribution in [0.5, 0.6) is 0 Å². The van der Waals surface area contributed by atoms with Crippen molar-refractivity contribution in [1.29, 1.82) is 0 Å². The molecule has 0 atom stereocenters. The fourth-order valence-corrected chi connectivity index (χ4v) is 7.39. The molecule has 10 aromatic rings. The van der Waals surface area contributed by atoms with E-state index in [4.69, 9.17) is 8.83 Å². The van der Waals surface area contributed by atoms with E-state index in [1.165, 1.54) is 21.9 Å². The maximum Gasteiger partial charge on any atom is 0.144 e. The summed E-state index contributed by atoms with van der Waals surface area (Å²) in [7, 11) is 0. The fraction of sp³-hybridized carbons (Fsp3) is 0. The average Bonchev–Trinajstić information content (AvgIpc) is 3.73. The number of furan rings is 2. The van der Waals surface area contributed by atoms with Crippen molar-refractivity contribution >= 4 is 71.7 Å². The number of para-hydroxylation sites is 1. The van der Waals surface area contributed by atoms with Crippen LogP contribution in [0.2, 0.25) is 0 Å². The molecule has 2 heterocycles. The normalized spacial score (nSPS) is 11.7. The van der Waals surface area contributed by atoms with Crippen molar-refractivity contribution in [3.05, 3.63) is 176 Å². The summed E-state index contributed by atoms with van der Waals surface area (Å²) in [6.45, 7) is 0. The largest absolute Gasteiger partial charge is 0.456 e. The summed E-state index contributed by atoms with van der Waals surface area (Å²) in [6.07, 6.45) is 0. The summed E-state index contributed by atoms with van der Waals surface area (Å²) in [4.78, 5) is 2.35. The van der Waals surface area contributed by atoms with Gasteiger partial charge in [0.25, 0.3) is 0 Å². The standard InChI is InChI=1S/C46H29NO2/c1-3-12-30(13-4-1)31-22-24-34(25-23-31)47(40-20-11-17-32-14-7-8-18-36(32)40)35-26-27-42-38(28-35)39-29-43-45(37-19-9-10-21-41(37)48-43)44(46(39)49-42)33-15-5-2-6-16-33/h1-29H. The van der Waals surface area contributed by atoms with Gasteiger partial charge in [0.05, 0.1) is 5.69 Å². The Morgan fingerprint density at radius 2 is 1.00 bits per heavy atom. The van der Waals surface area contributed by atoms with Gasteiger partial charge in [0.1, 0.15) is 22.3 Å². The second kappa shape index (κ2) is 11.0. The molecule has 230 valence electrons. The molecule has 49 heavy (non-hydrogen) atoms. The minimum absolute atomic E-state index is 0.838. The first-order valence-electron chi connectivity index (χ1n) is 16.6. The molecule has 0 saturated heterocycles. The van der Waals surface area contributed by atoms with Gasteiger partial charge in [-0.05, 0) is 70.6 Å². The molecule has 8 aromatic carbocycles. The zero-order chi connectivity index (χ0) is 32.3. The molecule has 0 aliphatic heterocycles. The van der Waals surface area contributed by atoms with Gasteiger partial charge < -0.3 is 13.7 Å². The second-order valence-electron chi connectivity index (χ2n) is 12.5. The lowest BCUT2D eigenvalue weighted by atomic mass is 9.96. The second-order valence-corrected chi connectivity index (χ2v) is 12.5. The fourth-order valence-electron chi connectivity index (χ4n) is 7.39. The predicted molar refractivity (Wildman–Crippen MR) is 204 cm³/mol. The van der Waals surface area contributed by atoms with E-state index in [9.17, 15) is 0 Å². The van der Waals surface area contributed by atoms with Crippen LogP contribution in [-0.4, -0.2) is 0 Å². The van der Waals surface area contributed by atoms with Crippen LogP contribution < -0.4 is 4.90 Å². The summed E-state index contributed by atoms with van der Waals surface area (Å²) in [5.41, 5.74) is 11.2. The van der Waals surface area contributed by atoms with Crippen molar-refractivity contribution in [3.8, 4) is 22.3 Å². The molecule has 0 amide bonds. The Bertz CT molecular complexity index is 2810. The van der Waals surface area contributed by atoms with Crippen molar-refractivity contribution in [2.45, 2.75) is 0 Å². The zero-order valence-corrected chi connectivity index (χ0v) is 26.5. The molecule has 0 saturated carbocycles. The van der Waals surface area contributed by atoms with Gasteiger partial charge in [-0.2, -0.15) is 0 Å². The van der Waals surface area contributed by atoms with Gasteiger partial charge in [-0.1, -0.05) is 127 Å². The molecule has 3 nitrogen and oxygen atoms in total. The SMILES string of the molecule is c1ccc(-c2ccc(N(c3ccc4oc5c(-c6ccccc6)c6c(cc5c4c3)oc3ccccc36)c3cccc4ccccc34)cc2)cc1. The first kappa shape index (κ1) is 27.5. The number of anilines is 3. The maximum absolute atomic E-state index is 6.79. The number of hydrogen-bond donors (Lipinski definition) is 0. The molecule has 0 N–H and O–H groups in total. The molecule has 0 spiro atoms. The first-order valence-corrected chi connectivity index (χ1v) is 16.6. The zero-order valence-electron chi connectivity index (χ0n) is 26.5. The van der Waals surface area contributed by atoms with E-state index in [0.717, 1.165) is 72.1 Å². The van der Waals surface area contributed by atoms with E-state index in [0.29, 0.717) is 0 Å². The van der Waals surface area contributed by atoms with Gasteiger partial charge in [0.15, 0.2) is 0 Å². The molecular weight excluding hydrogens is 599 g/mol. The van der Waals surface area contributed by atoms with E-state index >= 15 is 0 Å². The van der Waals surface area contributed by atoms with Gasteiger partial charge in [-0.15, -0.1) is 0 Å². The van der Waals surface area contributed by atoms with Crippen LogP contribution in [0.3, 0.4) is 0 Å². The van der Waals surface area contributed by atoms with Crippen LogP contribution in [-0.2, 0) is 0 Å². The van der Waals surface area contributed by atoms with Crippen molar-refractivity contribution in [2.75, 3.05) is 4.90 Å². The summed E-state index contributed by atoms with van der Waals surface area (Å²) in [5, 5.41) is 6.60. The molecule has 2 aromatic heterocycles. The molecule has 0 bridgehead atoms. The van der Waals surface area contributed by atoms with Crippen LogP contribution >= 0.6 is 0 Å². The summed E-state index contributed by atoms with van der Waals surface area (Å²) in [5.74, 6) is 0. The minimum Gasteiger partial charge on any atom is -0.456 e. The lowest BCUT2D eigenvalue weighted by molar-refractivity contribution is 0.664. The molecule has 0 aliphatic rings. The Balaban J connectivity index is 1.23. The van der Waals surface area contributed by atoms with Crippen LogP contribution in [0.4, 0.5) is 17.1 Å². The molecule has 3 heteroatoms. The monoisotopic (exact) mass is 627 g/mol. The highest BCUT2D eigenvalue weighted by Gasteiger charge is 2.22. The summed E-state index contributed by atoms with van der Waals surface area (Å²) < 4.78 is 13.3. The van der Waals surface area contributed by atoms with Gasteiger partial charge in [0, 0.05) is 43.9 Å². The number of fused-ring (bicyclic) bond motifs is 7. The number of nitrogens with zero attached hydrogens (tertiary/aromatic N) is 1. The highest BCUT2D eigenvalue weighted by Crippen LogP contribution is 2.47. The summed E-state index contributed by atoms with van der Waals surface area (Å²) >= 11 is 0. The Hall–Kier alpha value is -6.58. The third-order valence-corrected chi connectivity index (χ3v) is 9.65. The maximum atomic E-state index is 6.79. The first-order chi connectivity index (χ1) is 24.3.